The first-order valence-corrected chi connectivity index (χ1v) is 5.91. The molecule has 0 spiro atoms. The molecule has 3 heteroatoms. The highest BCUT2D eigenvalue weighted by molar-refractivity contribution is 9.10. The molecule has 1 aliphatic rings. The Kier molecular flexibility index (Phi) is 3.27. The summed E-state index contributed by atoms with van der Waals surface area (Å²) in [4.78, 5) is 0. The van der Waals surface area contributed by atoms with Gasteiger partial charge in [-0.3, -0.25) is 0 Å². The van der Waals surface area contributed by atoms with E-state index in [1.165, 1.54) is 19.3 Å². The number of rotatable bonds is 3. The predicted octanol–water partition coefficient (Wildman–Crippen LogP) is 3.50. The van der Waals surface area contributed by atoms with Crippen LogP contribution in [0.3, 0.4) is 0 Å². The Hall–Kier alpha value is -1.01. The molecule has 15 heavy (non-hydrogen) atoms. The monoisotopic (exact) mass is 265 g/mol. The van der Waals surface area contributed by atoms with Crippen molar-refractivity contribution in [2.45, 2.75) is 19.3 Å². The van der Waals surface area contributed by atoms with Gasteiger partial charge in [-0.25, -0.2) is 0 Å². The van der Waals surface area contributed by atoms with Gasteiger partial charge in [-0.1, -0.05) is 22.4 Å². The van der Waals surface area contributed by atoms with Crippen molar-refractivity contribution in [3.05, 3.63) is 28.2 Å². The maximum atomic E-state index is 8.79. The summed E-state index contributed by atoms with van der Waals surface area (Å²) >= 11 is 3.36. The average Bonchev–Trinajstić information content (AvgIpc) is 2.14. The molecule has 1 aromatic carbocycles. The lowest BCUT2D eigenvalue weighted by Gasteiger charge is -2.25. The number of hydrogen-bond donors (Lipinski definition) is 0. The molecule has 1 aromatic rings. The molecule has 2 rings (SSSR count). The van der Waals surface area contributed by atoms with Crippen LogP contribution in [0.4, 0.5) is 0 Å². The van der Waals surface area contributed by atoms with Crippen LogP contribution < -0.4 is 4.74 Å². The van der Waals surface area contributed by atoms with Crippen molar-refractivity contribution in [3.8, 4) is 11.8 Å². The minimum atomic E-state index is 0.632. The first-order valence-electron chi connectivity index (χ1n) is 5.11. The van der Waals surface area contributed by atoms with E-state index in [4.69, 9.17) is 10.00 Å². The summed E-state index contributed by atoms with van der Waals surface area (Å²) in [7, 11) is 0. The third kappa shape index (κ3) is 2.73. The maximum Gasteiger partial charge on any atom is 0.121 e. The van der Waals surface area contributed by atoms with Crippen molar-refractivity contribution >= 4 is 15.9 Å². The van der Waals surface area contributed by atoms with Crippen molar-refractivity contribution < 1.29 is 4.74 Å². The molecular formula is C12H12BrNO. The SMILES string of the molecule is N#Cc1cc(Br)cc(OCC2CCC2)c1. The second-order valence-electron chi connectivity index (χ2n) is 3.90. The Morgan fingerprint density at radius 3 is 2.80 bits per heavy atom. The van der Waals surface area contributed by atoms with E-state index in [0.717, 1.165) is 22.7 Å². The summed E-state index contributed by atoms with van der Waals surface area (Å²) in [5, 5.41) is 8.79. The number of nitrogens with zero attached hydrogens (tertiary/aromatic N) is 1. The van der Waals surface area contributed by atoms with Crippen molar-refractivity contribution in [1.29, 1.82) is 5.26 Å². The number of benzene rings is 1. The first-order chi connectivity index (χ1) is 7.28. The quantitative estimate of drug-likeness (QED) is 0.838. The Morgan fingerprint density at radius 1 is 1.40 bits per heavy atom. The van der Waals surface area contributed by atoms with Gasteiger partial charge in [0, 0.05) is 4.47 Å². The third-order valence-corrected chi connectivity index (χ3v) is 3.17. The zero-order valence-corrected chi connectivity index (χ0v) is 9.96. The van der Waals surface area contributed by atoms with Gasteiger partial charge < -0.3 is 4.74 Å². The zero-order valence-electron chi connectivity index (χ0n) is 8.37. The highest BCUT2D eigenvalue weighted by Gasteiger charge is 2.17. The smallest absolute Gasteiger partial charge is 0.121 e. The topological polar surface area (TPSA) is 33.0 Å². The van der Waals surface area contributed by atoms with Gasteiger partial charge in [0.2, 0.25) is 0 Å². The molecule has 0 atom stereocenters. The van der Waals surface area contributed by atoms with Gasteiger partial charge in [0.25, 0.3) is 0 Å². The van der Waals surface area contributed by atoms with E-state index in [1.54, 1.807) is 12.1 Å². The summed E-state index contributed by atoms with van der Waals surface area (Å²) < 4.78 is 6.55. The molecule has 2 nitrogen and oxygen atoms in total. The van der Waals surface area contributed by atoms with Crippen LogP contribution >= 0.6 is 15.9 Å². The van der Waals surface area contributed by atoms with Crippen LogP contribution in [0.25, 0.3) is 0 Å². The fourth-order valence-electron chi connectivity index (χ4n) is 1.58. The van der Waals surface area contributed by atoms with Gasteiger partial charge in [-0.2, -0.15) is 5.26 Å². The lowest BCUT2D eigenvalue weighted by Crippen LogP contribution is -2.19. The largest absolute Gasteiger partial charge is 0.493 e. The Bertz CT molecular complexity index is 393. The summed E-state index contributed by atoms with van der Waals surface area (Å²) in [5.41, 5.74) is 0.632. The highest BCUT2D eigenvalue weighted by atomic mass is 79.9. The van der Waals surface area contributed by atoms with Crippen LogP contribution in [-0.4, -0.2) is 6.61 Å². The Balaban J connectivity index is 2.00. The molecule has 78 valence electrons. The Morgan fingerprint density at radius 2 is 2.20 bits per heavy atom. The first kappa shape index (κ1) is 10.5. The fourth-order valence-corrected chi connectivity index (χ4v) is 2.06. The molecular weight excluding hydrogens is 254 g/mol. The van der Waals surface area contributed by atoms with Crippen LogP contribution in [0.1, 0.15) is 24.8 Å². The van der Waals surface area contributed by atoms with Crippen molar-refractivity contribution in [3.63, 3.8) is 0 Å². The molecule has 0 saturated heterocycles. The van der Waals surface area contributed by atoms with E-state index < -0.39 is 0 Å². The molecule has 0 aliphatic heterocycles. The van der Waals surface area contributed by atoms with Gasteiger partial charge in [-0.05, 0) is 37.0 Å². The van der Waals surface area contributed by atoms with E-state index in [0.29, 0.717) is 5.56 Å². The molecule has 0 heterocycles. The van der Waals surface area contributed by atoms with Crippen LogP contribution in [0.15, 0.2) is 22.7 Å². The van der Waals surface area contributed by atoms with Gasteiger partial charge in [-0.15, -0.1) is 0 Å². The van der Waals surface area contributed by atoms with Crippen LogP contribution in [0.5, 0.6) is 5.75 Å². The molecule has 1 fully saturated rings. The minimum absolute atomic E-state index is 0.632. The molecule has 0 amide bonds. The van der Waals surface area contributed by atoms with Crippen molar-refractivity contribution in [2.75, 3.05) is 6.61 Å². The van der Waals surface area contributed by atoms with Crippen molar-refractivity contribution in [2.24, 2.45) is 5.92 Å². The van der Waals surface area contributed by atoms with E-state index in [-0.39, 0.29) is 0 Å². The van der Waals surface area contributed by atoms with Gasteiger partial charge in [0.15, 0.2) is 0 Å². The molecule has 0 N–H and O–H groups in total. The number of halogens is 1. The summed E-state index contributed by atoms with van der Waals surface area (Å²) in [6.07, 6.45) is 3.88. The van der Waals surface area contributed by atoms with Gasteiger partial charge in [0.1, 0.15) is 5.75 Å². The molecule has 0 radical (unpaired) electrons. The Labute approximate surface area is 98.0 Å². The number of hydrogen-bond acceptors (Lipinski definition) is 2. The van der Waals surface area contributed by atoms with E-state index >= 15 is 0 Å². The maximum absolute atomic E-state index is 8.79. The third-order valence-electron chi connectivity index (χ3n) is 2.71. The van der Waals surface area contributed by atoms with E-state index in [9.17, 15) is 0 Å². The van der Waals surface area contributed by atoms with E-state index in [1.807, 2.05) is 6.07 Å². The summed E-state index contributed by atoms with van der Waals surface area (Å²) in [6.45, 7) is 0.779. The second-order valence-corrected chi connectivity index (χ2v) is 4.81. The standard InChI is InChI=1S/C12H12BrNO/c13-11-4-10(7-14)5-12(6-11)15-8-9-2-1-3-9/h4-6,9H,1-3,8H2. The highest BCUT2D eigenvalue weighted by Crippen LogP contribution is 2.28. The van der Waals surface area contributed by atoms with Crippen LogP contribution in [0, 0.1) is 17.2 Å². The number of ether oxygens (including phenoxy) is 1. The minimum Gasteiger partial charge on any atom is -0.493 e. The number of nitriles is 1. The molecule has 0 bridgehead atoms. The lowest BCUT2D eigenvalue weighted by molar-refractivity contribution is 0.180. The lowest BCUT2D eigenvalue weighted by atomic mass is 9.86. The molecule has 1 saturated carbocycles. The molecule has 0 unspecified atom stereocenters. The van der Waals surface area contributed by atoms with Crippen molar-refractivity contribution in [1.82, 2.24) is 0 Å². The average molecular weight is 266 g/mol. The van der Waals surface area contributed by atoms with Gasteiger partial charge >= 0.3 is 0 Å². The summed E-state index contributed by atoms with van der Waals surface area (Å²) in [5.74, 6) is 1.50. The molecule has 0 aromatic heterocycles. The fraction of sp³-hybridized carbons (Fsp3) is 0.417. The predicted molar refractivity (Wildman–Crippen MR) is 61.7 cm³/mol. The van der Waals surface area contributed by atoms with Crippen LogP contribution in [-0.2, 0) is 0 Å². The van der Waals surface area contributed by atoms with E-state index in [2.05, 4.69) is 22.0 Å². The molecule has 1 aliphatic carbocycles. The zero-order chi connectivity index (χ0) is 10.7. The summed E-state index contributed by atoms with van der Waals surface area (Å²) in [6, 6.07) is 7.59. The normalized spacial score (nSPS) is 15.5. The van der Waals surface area contributed by atoms with Gasteiger partial charge in [0.05, 0.1) is 18.2 Å². The van der Waals surface area contributed by atoms with Crippen LogP contribution in [0.2, 0.25) is 0 Å². The second kappa shape index (κ2) is 4.67.